The van der Waals surface area contributed by atoms with E-state index in [1.807, 2.05) is 18.2 Å². The van der Waals surface area contributed by atoms with Crippen LogP contribution in [0.4, 0.5) is 18.4 Å². The van der Waals surface area contributed by atoms with Gasteiger partial charge >= 0.3 is 18.0 Å². The number of carbonyl (C=O) groups is 3. The molecule has 2 N–H and O–H groups in total. The van der Waals surface area contributed by atoms with Gasteiger partial charge in [-0.1, -0.05) is 17.3 Å². The maximum absolute atomic E-state index is 14.3. The van der Waals surface area contributed by atoms with Crippen molar-refractivity contribution in [2.45, 2.75) is 30.8 Å². The molecule has 0 bridgehead atoms. The van der Waals surface area contributed by atoms with E-state index in [-0.39, 0.29) is 36.5 Å². The molecule has 0 aliphatic carbocycles. The molecule has 0 saturated carbocycles. The number of ether oxygens (including phenoxy) is 2. The lowest BCUT2D eigenvalue weighted by Crippen LogP contribution is -2.56. The molecule has 14 heteroatoms. The van der Waals surface area contributed by atoms with E-state index in [2.05, 4.69) is 25.7 Å². The Morgan fingerprint density at radius 2 is 1.93 bits per heavy atom. The SMILES string of the molecule is COCC1=C(C(=O)OC)C(c2ccc(F)c(F)c2)N(C(=O)NCC(CN2CCC(c3ccccn3)CC2)N=O)C(=O)N1. The molecule has 2 aromatic rings. The predicted molar refractivity (Wildman–Crippen MR) is 146 cm³/mol. The zero-order valence-corrected chi connectivity index (χ0v) is 23.2. The molecular weight excluding hydrogens is 554 g/mol. The number of imide groups is 1. The summed E-state index contributed by atoms with van der Waals surface area (Å²) in [6.07, 6.45) is 3.47. The van der Waals surface area contributed by atoms with E-state index in [1.54, 1.807) is 6.20 Å². The molecule has 1 saturated heterocycles. The summed E-state index contributed by atoms with van der Waals surface area (Å²) in [6.45, 7) is 1.26. The number of likely N-dealkylation sites (tertiary alicyclic amines) is 1. The van der Waals surface area contributed by atoms with Gasteiger partial charge in [0.05, 0.1) is 25.0 Å². The van der Waals surface area contributed by atoms with Crippen molar-refractivity contribution in [3.05, 3.63) is 81.7 Å². The largest absolute Gasteiger partial charge is 0.466 e. The Balaban J connectivity index is 1.49. The first-order valence-corrected chi connectivity index (χ1v) is 13.4. The van der Waals surface area contributed by atoms with Crippen LogP contribution < -0.4 is 10.6 Å². The number of esters is 1. The fourth-order valence-electron chi connectivity index (χ4n) is 5.23. The highest BCUT2D eigenvalue weighted by molar-refractivity contribution is 6.01. The molecule has 2 aliphatic heterocycles. The van der Waals surface area contributed by atoms with Crippen molar-refractivity contribution in [1.29, 1.82) is 0 Å². The first-order valence-electron chi connectivity index (χ1n) is 13.4. The number of methoxy groups -OCH3 is 2. The first kappa shape index (κ1) is 30.7. The summed E-state index contributed by atoms with van der Waals surface area (Å²) in [4.78, 5) is 58.2. The fraction of sp³-hybridized carbons (Fsp3) is 0.429. The monoisotopic (exact) mass is 586 g/mol. The summed E-state index contributed by atoms with van der Waals surface area (Å²) < 4.78 is 38.0. The van der Waals surface area contributed by atoms with Crippen LogP contribution in [-0.4, -0.2) is 85.9 Å². The van der Waals surface area contributed by atoms with Crippen molar-refractivity contribution in [1.82, 2.24) is 25.4 Å². The van der Waals surface area contributed by atoms with E-state index in [0.717, 1.165) is 43.8 Å². The Hall–Kier alpha value is -4.30. The number of amides is 4. The average molecular weight is 587 g/mol. The van der Waals surface area contributed by atoms with E-state index >= 15 is 0 Å². The van der Waals surface area contributed by atoms with Crippen LogP contribution in [0.25, 0.3) is 0 Å². The third-order valence-electron chi connectivity index (χ3n) is 7.31. The molecule has 4 rings (SSSR count). The van der Waals surface area contributed by atoms with E-state index in [9.17, 15) is 28.1 Å². The van der Waals surface area contributed by atoms with Gasteiger partial charge in [0, 0.05) is 38.0 Å². The highest BCUT2D eigenvalue weighted by Gasteiger charge is 2.43. The minimum absolute atomic E-state index is 0.00493. The molecular formula is C28H32F2N6O6. The standard InChI is InChI=1S/C28H32F2N6O6/c1-41-16-23-24(26(37)42-2)25(18-6-7-20(29)21(30)13-18)36(28(39)33-23)27(38)32-14-19(34-40)15-35-11-8-17(9-12-35)22-5-3-4-10-31-22/h3-7,10,13,17,19,25H,8-9,11-12,14-16H2,1-2H3,(H,32,38)(H,33,39). The summed E-state index contributed by atoms with van der Waals surface area (Å²) in [5.74, 6) is -3.00. The van der Waals surface area contributed by atoms with Gasteiger partial charge in [-0.2, -0.15) is 4.91 Å². The Kier molecular flexibility index (Phi) is 10.3. The number of pyridine rings is 1. The molecule has 0 spiro atoms. The minimum Gasteiger partial charge on any atom is -0.466 e. The lowest BCUT2D eigenvalue weighted by molar-refractivity contribution is -0.137. The molecule has 1 aromatic carbocycles. The second-order valence-corrected chi connectivity index (χ2v) is 9.97. The molecule has 1 fully saturated rings. The van der Waals surface area contributed by atoms with Crippen LogP contribution in [0.5, 0.6) is 0 Å². The number of nitrogens with zero attached hydrogens (tertiary/aromatic N) is 4. The number of nitroso groups, excluding NO2 is 1. The Labute approximate surface area is 241 Å². The van der Waals surface area contributed by atoms with Crippen molar-refractivity contribution in [2.75, 3.05) is 47.0 Å². The van der Waals surface area contributed by atoms with Crippen LogP contribution in [0.15, 0.2) is 59.0 Å². The topological polar surface area (TPSA) is 143 Å². The van der Waals surface area contributed by atoms with E-state index in [4.69, 9.17) is 9.47 Å². The summed E-state index contributed by atoms with van der Waals surface area (Å²) in [6, 6.07) is 4.32. The molecule has 12 nitrogen and oxygen atoms in total. The van der Waals surface area contributed by atoms with Crippen LogP contribution in [0, 0.1) is 16.5 Å². The molecule has 2 aliphatic rings. The van der Waals surface area contributed by atoms with Gasteiger partial charge in [-0.25, -0.2) is 28.1 Å². The van der Waals surface area contributed by atoms with Crippen molar-refractivity contribution >= 4 is 18.0 Å². The highest BCUT2D eigenvalue weighted by atomic mass is 19.2. The lowest BCUT2D eigenvalue weighted by Gasteiger charge is -2.37. The molecule has 224 valence electrons. The zero-order valence-electron chi connectivity index (χ0n) is 23.2. The average Bonchev–Trinajstić information content (AvgIpc) is 3.00. The summed E-state index contributed by atoms with van der Waals surface area (Å²) in [7, 11) is 2.43. The third-order valence-corrected chi connectivity index (χ3v) is 7.31. The Morgan fingerprint density at radius 3 is 2.55 bits per heavy atom. The second-order valence-electron chi connectivity index (χ2n) is 9.97. The maximum atomic E-state index is 14.3. The van der Waals surface area contributed by atoms with E-state index < -0.39 is 41.7 Å². The van der Waals surface area contributed by atoms with Gasteiger partial charge in [0.25, 0.3) is 0 Å². The van der Waals surface area contributed by atoms with Crippen LogP contribution >= 0.6 is 0 Å². The molecule has 2 atom stereocenters. The van der Waals surface area contributed by atoms with Crippen molar-refractivity contribution in [3.63, 3.8) is 0 Å². The van der Waals surface area contributed by atoms with E-state index in [0.29, 0.717) is 23.9 Å². The number of hydrogen-bond acceptors (Lipinski definition) is 9. The van der Waals surface area contributed by atoms with Crippen LogP contribution in [0.3, 0.4) is 0 Å². The number of urea groups is 2. The van der Waals surface area contributed by atoms with Gasteiger partial charge in [0.1, 0.15) is 12.1 Å². The first-order chi connectivity index (χ1) is 20.3. The predicted octanol–water partition coefficient (Wildman–Crippen LogP) is 3.22. The van der Waals surface area contributed by atoms with Crippen molar-refractivity contribution in [2.24, 2.45) is 5.18 Å². The van der Waals surface area contributed by atoms with Gasteiger partial charge in [-0.05, 0) is 55.8 Å². The van der Waals surface area contributed by atoms with Crippen LogP contribution in [0.2, 0.25) is 0 Å². The Bertz CT molecular complexity index is 1340. The van der Waals surface area contributed by atoms with Gasteiger partial charge < -0.3 is 25.0 Å². The molecule has 42 heavy (non-hydrogen) atoms. The van der Waals surface area contributed by atoms with Gasteiger partial charge in [-0.3, -0.25) is 4.98 Å². The van der Waals surface area contributed by atoms with Crippen LogP contribution in [-0.2, 0) is 14.3 Å². The fourth-order valence-corrected chi connectivity index (χ4v) is 5.23. The number of aromatic nitrogens is 1. The van der Waals surface area contributed by atoms with Crippen molar-refractivity contribution in [3.8, 4) is 0 Å². The molecule has 0 radical (unpaired) electrons. The highest BCUT2D eigenvalue weighted by Crippen LogP contribution is 2.35. The molecule has 3 heterocycles. The lowest BCUT2D eigenvalue weighted by atomic mass is 9.93. The number of carbonyl (C=O) groups excluding carboxylic acids is 3. The number of hydrogen-bond donors (Lipinski definition) is 2. The maximum Gasteiger partial charge on any atom is 0.338 e. The number of benzene rings is 1. The number of rotatable bonds is 10. The van der Waals surface area contributed by atoms with Gasteiger partial charge in [-0.15, -0.1) is 0 Å². The zero-order chi connectivity index (χ0) is 30.2. The van der Waals surface area contributed by atoms with E-state index in [1.165, 1.54) is 7.11 Å². The van der Waals surface area contributed by atoms with Gasteiger partial charge in [0.15, 0.2) is 11.6 Å². The summed E-state index contributed by atoms with van der Waals surface area (Å²) in [5.41, 5.74) is 0.753. The number of halogens is 2. The molecule has 2 unspecified atom stereocenters. The third kappa shape index (κ3) is 6.94. The normalized spacial score (nSPS) is 18.8. The quantitative estimate of drug-likeness (QED) is 0.319. The second kappa shape index (κ2) is 14.0. The van der Waals surface area contributed by atoms with Crippen molar-refractivity contribution < 1.29 is 32.6 Å². The Morgan fingerprint density at radius 1 is 1.17 bits per heavy atom. The van der Waals surface area contributed by atoms with Crippen LogP contribution in [0.1, 0.15) is 36.1 Å². The van der Waals surface area contributed by atoms with Gasteiger partial charge in [0.2, 0.25) is 0 Å². The summed E-state index contributed by atoms with van der Waals surface area (Å²) >= 11 is 0. The number of nitrogens with one attached hydrogen (secondary N) is 2. The molecule has 1 aromatic heterocycles. The smallest absolute Gasteiger partial charge is 0.338 e. The number of piperidine rings is 1. The minimum atomic E-state index is -1.49. The summed E-state index contributed by atoms with van der Waals surface area (Å²) in [5, 5.41) is 8.13. The molecule has 4 amide bonds.